The number of carbonyl (C=O) groups is 2. The standard InChI is InChI=1S/C32H26Cl2N2O4/c1-18(37)24-15-16-39-30-25(24)17-26(34)31(29(30)20-5-6-20)40-23-13-9-21(10-14-23)32(38)36-28-4-2-3-27(35-28)19-7-11-22(33)12-8-19/h2-4,7-14,17,20,24H,5-6,15-16H2,1H3,(H,35,36,38). The third-order valence-electron chi connectivity index (χ3n) is 7.22. The molecule has 40 heavy (non-hydrogen) atoms. The number of halogens is 2. The van der Waals surface area contributed by atoms with E-state index in [1.54, 1.807) is 55.5 Å². The first-order chi connectivity index (χ1) is 19.4. The molecule has 1 saturated carbocycles. The average Bonchev–Trinajstić information content (AvgIpc) is 3.79. The lowest BCUT2D eigenvalue weighted by Gasteiger charge is -2.28. The highest BCUT2D eigenvalue weighted by atomic mass is 35.5. The zero-order chi connectivity index (χ0) is 27.8. The summed E-state index contributed by atoms with van der Waals surface area (Å²) in [5, 5.41) is 3.95. The summed E-state index contributed by atoms with van der Waals surface area (Å²) in [6.07, 6.45) is 2.68. The Hall–Kier alpha value is -3.87. The first-order valence-corrected chi connectivity index (χ1v) is 13.9. The lowest BCUT2D eigenvalue weighted by atomic mass is 9.87. The molecule has 2 aliphatic rings. The van der Waals surface area contributed by atoms with Crippen LogP contribution in [0.3, 0.4) is 0 Å². The monoisotopic (exact) mass is 572 g/mol. The van der Waals surface area contributed by atoms with E-state index < -0.39 is 0 Å². The van der Waals surface area contributed by atoms with Crippen LogP contribution in [0.4, 0.5) is 5.82 Å². The highest BCUT2D eigenvalue weighted by molar-refractivity contribution is 6.32. The summed E-state index contributed by atoms with van der Waals surface area (Å²) in [7, 11) is 0. The molecule has 3 aromatic carbocycles. The Balaban J connectivity index is 1.21. The summed E-state index contributed by atoms with van der Waals surface area (Å²) in [6, 6.07) is 21.5. The molecular formula is C32H26Cl2N2O4. The number of aromatic nitrogens is 1. The van der Waals surface area contributed by atoms with Crippen molar-refractivity contribution in [1.29, 1.82) is 0 Å². The second-order valence-electron chi connectivity index (χ2n) is 10.1. The van der Waals surface area contributed by atoms with E-state index in [4.69, 9.17) is 32.7 Å². The number of pyridine rings is 1. The molecule has 0 spiro atoms. The van der Waals surface area contributed by atoms with E-state index >= 15 is 0 Å². The maximum atomic E-state index is 13.0. The number of anilines is 1. The molecule has 6 nitrogen and oxygen atoms in total. The minimum absolute atomic E-state index is 0.108. The Kier molecular flexibility index (Phi) is 7.22. The van der Waals surface area contributed by atoms with Gasteiger partial charge in [0.25, 0.3) is 5.91 Å². The molecule has 6 rings (SSSR count). The van der Waals surface area contributed by atoms with E-state index in [9.17, 15) is 9.59 Å². The number of hydrogen-bond acceptors (Lipinski definition) is 5. The van der Waals surface area contributed by atoms with Crippen LogP contribution in [-0.2, 0) is 4.79 Å². The predicted molar refractivity (Wildman–Crippen MR) is 156 cm³/mol. The number of ether oxygens (including phenoxy) is 2. The topological polar surface area (TPSA) is 77.5 Å². The highest BCUT2D eigenvalue weighted by Gasteiger charge is 2.37. The molecule has 1 atom stereocenters. The molecule has 4 aromatic rings. The Morgan fingerprint density at radius 2 is 1.73 bits per heavy atom. The number of carbonyl (C=O) groups excluding carboxylic acids is 2. The molecule has 1 aliphatic heterocycles. The quantitative estimate of drug-likeness (QED) is 0.240. The SMILES string of the molecule is CC(=O)C1CCOc2c1cc(Cl)c(Oc1ccc(C(=O)Nc3cccc(-c4ccc(Cl)cc4)n3)cc1)c2C1CC1. The van der Waals surface area contributed by atoms with Crippen LogP contribution in [0, 0.1) is 0 Å². The maximum Gasteiger partial charge on any atom is 0.256 e. The molecule has 1 aliphatic carbocycles. The molecule has 0 bridgehead atoms. The first kappa shape index (κ1) is 26.4. The molecule has 2 heterocycles. The van der Waals surface area contributed by atoms with Gasteiger partial charge in [0.2, 0.25) is 0 Å². The van der Waals surface area contributed by atoms with E-state index in [1.807, 2.05) is 24.3 Å². The van der Waals surface area contributed by atoms with Crippen LogP contribution in [0.2, 0.25) is 10.0 Å². The fourth-order valence-corrected chi connectivity index (χ4v) is 5.43. The van der Waals surface area contributed by atoms with Gasteiger partial charge in [0.1, 0.15) is 23.1 Å². The van der Waals surface area contributed by atoms with Crippen molar-refractivity contribution in [3.8, 4) is 28.5 Å². The third kappa shape index (κ3) is 5.42. The summed E-state index contributed by atoms with van der Waals surface area (Å²) in [5.41, 5.74) is 3.86. The van der Waals surface area contributed by atoms with Gasteiger partial charge in [-0.1, -0.05) is 41.4 Å². The van der Waals surface area contributed by atoms with Crippen LogP contribution < -0.4 is 14.8 Å². The molecule has 1 unspecified atom stereocenters. The number of Topliss-reactive ketones (excluding diaryl/α,β-unsaturated/α-hetero) is 1. The Morgan fingerprint density at radius 1 is 0.975 bits per heavy atom. The zero-order valence-electron chi connectivity index (χ0n) is 21.7. The second kappa shape index (κ2) is 11.0. The predicted octanol–water partition coefficient (Wildman–Crippen LogP) is 8.43. The van der Waals surface area contributed by atoms with Crippen molar-refractivity contribution in [3.05, 3.63) is 99.5 Å². The number of amides is 1. The van der Waals surface area contributed by atoms with Gasteiger partial charge in [0.05, 0.1) is 17.3 Å². The molecule has 0 radical (unpaired) electrons. The van der Waals surface area contributed by atoms with Gasteiger partial charge in [-0.2, -0.15) is 0 Å². The van der Waals surface area contributed by atoms with E-state index in [-0.39, 0.29) is 23.5 Å². The molecule has 202 valence electrons. The summed E-state index contributed by atoms with van der Waals surface area (Å²) >= 11 is 12.7. The van der Waals surface area contributed by atoms with Crippen molar-refractivity contribution in [3.63, 3.8) is 0 Å². The number of rotatable bonds is 7. The van der Waals surface area contributed by atoms with Gasteiger partial charge in [-0.05, 0) is 86.7 Å². The zero-order valence-corrected chi connectivity index (χ0v) is 23.3. The largest absolute Gasteiger partial charge is 0.493 e. The molecule has 1 N–H and O–H groups in total. The van der Waals surface area contributed by atoms with Crippen molar-refractivity contribution < 1.29 is 19.1 Å². The van der Waals surface area contributed by atoms with E-state index in [0.717, 1.165) is 41.0 Å². The minimum Gasteiger partial charge on any atom is -0.493 e. The fraction of sp³-hybridized carbons (Fsp3) is 0.219. The molecule has 1 amide bonds. The van der Waals surface area contributed by atoms with Crippen molar-refractivity contribution in [1.82, 2.24) is 4.98 Å². The number of nitrogens with one attached hydrogen (secondary N) is 1. The summed E-state index contributed by atoms with van der Waals surface area (Å²) in [5.74, 6) is 2.16. The summed E-state index contributed by atoms with van der Waals surface area (Å²) in [6.45, 7) is 2.10. The Morgan fingerprint density at radius 3 is 2.42 bits per heavy atom. The fourth-order valence-electron chi connectivity index (χ4n) is 5.04. The van der Waals surface area contributed by atoms with Crippen molar-refractivity contribution in [2.75, 3.05) is 11.9 Å². The van der Waals surface area contributed by atoms with Gasteiger partial charge in [-0.25, -0.2) is 4.98 Å². The van der Waals surface area contributed by atoms with E-state index in [1.165, 1.54) is 0 Å². The van der Waals surface area contributed by atoms with Gasteiger partial charge in [0, 0.05) is 33.2 Å². The number of benzene rings is 3. The average molecular weight is 573 g/mol. The van der Waals surface area contributed by atoms with Gasteiger partial charge in [-0.15, -0.1) is 0 Å². The van der Waals surface area contributed by atoms with Gasteiger partial charge < -0.3 is 14.8 Å². The molecule has 1 aromatic heterocycles. The smallest absolute Gasteiger partial charge is 0.256 e. The van der Waals surface area contributed by atoms with Gasteiger partial charge >= 0.3 is 0 Å². The van der Waals surface area contributed by atoms with Crippen LogP contribution in [0.25, 0.3) is 11.3 Å². The number of ketones is 1. The van der Waals surface area contributed by atoms with Crippen LogP contribution >= 0.6 is 23.2 Å². The number of hydrogen-bond donors (Lipinski definition) is 1. The number of fused-ring (bicyclic) bond motifs is 1. The number of nitrogens with zero attached hydrogens (tertiary/aromatic N) is 1. The van der Waals surface area contributed by atoms with Gasteiger partial charge in [0.15, 0.2) is 5.75 Å². The van der Waals surface area contributed by atoms with Crippen molar-refractivity contribution in [2.45, 2.75) is 38.0 Å². The van der Waals surface area contributed by atoms with Crippen LogP contribution in [0.1, 0.15) is 59.5 Å². The normalized spacial score (nSPS) is 16.0. The summed E-state index contributed by atoms with van der Waals surface area (Å²) < 4.78 is 12.3. The van der Waals surface area contributed by atoms with Crippen LogP contribution in [0.5, 0.6) is 17.2 Å². The third-order valence-corrected chi connectivity index (χ3v) is 7.76. The van der Waals surface area contributed by atoms with E-state index in [2.05, 4.69) is 10.3 Å². The van der Waals surface area contributed by atoms with Crippen molar-refractivity contribution in [2.24, 2.45) is 0 Å². The first-order valence-electron chi connectivity index (χ1n) is 13.2. The van der Waals surface area contributed by atoms with Crippen molar-refractivity contribution >= 4 is 40.7 Å². The van der Waals surface area contributed by atoms with Gasteiger partial charge in [-0.3, -0.25) is 9.59 Å². The highest BCUT2D eigenvalue weighted by Crippen LogP contribution is 2.55. The Bertz CT molecular complexity index is 1600. The van der Waals surface area contributed by atoms with Crippen LogP contribution in [0.15, 0.2) is 72.8 Å². The molecule has 1 fully saturated rings. The lowest BCUT2D eigenvalue weighted by molar-refractivity contribution is -0.119. The van der Waals surface area contributed by atoms with E-state index in [0.29, 0.717) is 46.0 Å². The minimum atomic E-state index is -0.290. The molecular weight excluding hydrogens is 547 g/mol. The second-order valence-corrected chi connectivity index (χ2v) is 10.9. The summed E-state index contributed by atoms with van der Waals surface area (Å²) in [4.78, 5) is 29.8. The maximum absolute atomic E-state index is 13.0. The molecule has 8 heteroatoms. The lowest BCUT2D eigenvalue weighted by Crippen LogP contribution is -2.20. The Labute approximate surface area is 242 Å². The molecule has 0 saturated heterocycles. The van der Waals surface area contributed by atoms with Crippen LogP contribution in [-0.4, -0.2) is 23.3 Å².